The van der Waals surface area contributed by atoms with Crippen LogP contribution in [0.2, 0.25) is 0 Å². The molecule has 0 heterocycles. The topological polar surface area (TPSA) is 108 Å². The molecule has 1 aromatic carbocycles. The van der Waals surface area contributed by atoms with Crippen LogP contribution in [0, 0.1) is 5.92 Å². The number of hydrogen-bond donors (Lipinski definition) is 3. The first kappa shape index (κ1) is 27.5. The summed E-state index contributed by atoms with van der Waals surface area (Å²) in [7, 11) is 0. The summed E-state index contributed by atoms with van der Waals surface area (Å²) < 4.78 is 5.38. The molecule has 190 valence electrons. The highest BCUT2D eigenvalue weighted by Gasteiger charge is 2.44. The Morgan fingerprint density at radius 2 is 1.68 bits per heavy atom. The summed E-state index contributed by atoms with van der Waals surface area (Å²) in [6, 6.07) is 4.49. The molecule has 3 atom stereocenters. The molecule has 0 aromatic heterocycles. The molecule has 1 aliphatic rings. The van der Waals surface area contributed by atoms with Crippen molar-refractivity contribution in [1.29, 1.82) is 0 Å². The fraction of sp³-hybridized carbons (Fsp3) is 0.654. The number of rotatable bonds is 10. The molecule has 34 heavy (non-hydrogen) atoms. The van der Waals surface area contributed by atoms with Crippen molar-refractivity contribution in [3.05, 3.63) is 29.8 Å². The Balaban J connectivity index is 2.40. The third-order valence-corrected chi connectivity index (χ3v) is 5.65. The van der Waals surface area contributed by atoms with Crippen molar-refractivity contribution in [3.63, 3.8) is 0 Å². The van der Waals surface area contributed by atoms with Crippen molar-refractivity contribution in [1.82, 2.24) is 15.5 Å². The first-order valence-electron chi connectivity index (χ1n) is 12.2. The number of carbonyl (C=O) groups is 3. The van der Waals surface area contributed by atoms with Gasteiger partial charge in [-0.15, -0.1) is 0 Å². The van der Waals surface area contributed by atoms with Crippen LogP contribution in [0.25, 0.3) is 0 Å². The number of benzene rings is 1. The second-order valence-corrected chi connectivity index (χ2v) is 10.5. The lowest BCUT2D eigenvalue weighted by Gasteiger charge is -2.36. The van der Waals surface area contributed by atoms with Crippen LogP contribution in [0.3, 0.4) is 0 Å². The number of hydrogen-bond acceptors (Lipinski definition) is 5. The molecular formula is C26H41N3O5. The Labute approximate surface area is 203 Å². The molecule has 8 heteroatoms. The smallest absolute Gasteiger partial charge is 0.408 e. The highest BCUT2D eigenvalue weighted by molar-refractivity contribution is 5.92. The predicted molar refractivity (Wildman–Crippen MR) is 131 cm³/mol. The van der Waals surface area contributed by atoms with Gasteiger partial charge in [-0.3, -0.25) is 9.59 Å². The van der Waals surface area contributed by atoms with Crippen LogP contribution in [-0.4, -0.2) is 51.6 Å². The van der Waals surface area contributed by atoms with Crippen LogP contribution in [0.1, 0.15) is 85.8 Å². The molecule has 3 N–H and O–H groups in total. The number of amides is 3. The second kappa shape index (κ2) is 11.6. The highest BCUT2D eigenvalue weighted by Crippen LogP contribution is 2.36. The van der Waals surface area contributed by atoms with Gasteiger partial charge in [0.05, 0.1) is 0 Å². The van der Waals surface area contributed by atoms with Crippen LogP contribution < -0.4 is 10.6 Å². The Morgan fingerprint density at radius 1 is 1.09 bits per heavy atom. The van der Waals surface area contributed by atoms with Crippen molar-refractivity contribution in [2.75, 3.05) is 0 Å². The zero-order valence-corrected chi connectivity index (χ0v) is 21.6. The van der Waals surface area contributed by atoms with E-state index in [-0.39, 0.29) is 35.6 Å². The van der Waals surface area contributed by atoms with Crippen molar-refractivity contribution < 1.29 is 24.2 Å². The van der Waals surface area contributed by atoms with Crippen LogP contribution in [0.15, 0.2) is 24.3 Å². The van der Waals surface area contributed by atoms with Crippen molar-refractivity contribution in [3.8, 4) is 5.75 Å². The van der Waals surface area contributed by atoms with Crippen LogP contribution in [0.5, 0.6) is 5.75 Å². The Hall–Kier alpha value is -2.77. The van der Waals surface area contributed by atoms with E-state index in [4.69, 9.17) is 4.74 Å². The molecule has 0 saturated heterocycles. The summed E-state index contributed by atoms with van der Waals surface area (Å²) in [5.41, 5.74) is -0.0895. The third kappa shape index (κ3) is 7.92. The van der Waals surface area contributed by atoms with Gasteiger partial charge >= 0.3 is 6.09 Å². The molecule has 1 aromatic rings. The maximum Gasteiger partial charge on any atom is 0.408 e. The molecule has 0 aliphatic heterocycles. The predicted octanol–water partition coefficient (Wildman–Crippen LogP) is 4.28. The van der Waals surface area contributed by atoms with Gasteiger partial charge in [0.25, 0.3) is 0 Å². The largest absolute Gasteiger partial charge is 0.508 e. The van der Waals surface area contributed by atoms with Gasteiger partial charge in [-0.1, -0.05) is 39.3 Å². The van der Waals surface area contributed by atoms with Gasteiger partial charge in [-0.25, -0.2) is 4.79 Å². The van der Waals surface area contributed by atoms with Gasteiger partial charge in [0.2, 0.25) is 11.8 Å². The molecule has 0 radical (unpaired) electrons. The number of carbonyl (C=O) groups excluding carboxylic acids is 3. The molecule has 8 nitrogen and oxygen atoms in total. The number of nitrogens with zero attached hydrogens (tertiary/aromatic N) is 1. The first-order valence-corrected chi connectivity index (χ1v) is 12.2. The van der Waals surface area contributed by atoms with E-state index < -0.39 is 23.8 Å². The monoisotopic (exact) mass is 475 g/mol. The molecule has 0 spiro atoms. The van der Waals surface area contributed by atoms with Gasteiger partial charge in [0, 0.05) is 12.1 Å². The van der Waals surface area contributed by atoms with Gasteiger partial charge in [0.15, 0.2) is 0 Å². The minimum Gasteiger partial charge on any atom is -0.508 e. The number of phenolic OH excluding ortho intramolecular Hbond substituents is 1. The standard InChI is InChI=1S/C26H41N3O5/c1-8-9-17(4)27-23(31)22(18-10-14-20(30)15-11-18)29(19-12-13-19)24(32)21(16(2)3)28-25(33)34-26(5,6)7/h10-11,14-17,19,21-22,30H,8-9,12-13H2,1-7H3,(H,27,31)(H,28,33). The summed E-state index contributed by atoms with van der Waals surface area (Å²) in [4.78, 5) is 41.5. The van der Waals surface area contributed by atoms with Gasteiger partial charge in [-0.05, 0) is 70.6 Å². The molecule has 2 rings (SSSR count). The van der Waals surface area contributed by atoms with Gasteiger partial charge < -0.3 is 25.4 Å². The van der Waals surface area contributed by atoms with E-state index in [1.807, 2.05) is 20.8 Å². The van der Waals surface area contributed by atoms with E-state index in [9.17, 15) is 19.5 Å². The number of phenols is 1. The number of ether oxygens (including phenoxy) is 1. The maximum atomic E-state index is 13.9. The van der Waals surface area contributed by atoms with Crippen molar-refractivity contribution in [2.24, 2.45) is 5.92 Å². The van der Waals surface area contributed by atoms with Crippen LogP contribution >= 0.6 is 0 Å². The van der Waals surface area contributed by atoms with Crippen LogP contribution in [-0.2, 0) is 14.3 Å². The molecular weight excluding hydrogens is 434 g/mol. The van der Waals surface area contributed by atoms with E-state index >= 15 is 0 Å². The Kier molecular flexibility index (Phi) is 9.36. The number of aromatic hydroxyl groups is 1. The molecule has 0 bridgehead atoms. The number of alkyl carbamates (subject to hydrolysis) is 1. The third-order valence-electron chi connectivity index (χ3n) is 5.65. The van der Waals surface area contributed by atoms with E-state index in [2.05, 4.69) is 17.6 Å². The SMILES string of the molecule is CCCC(C)NC(=O)C(c1ccc(O)cc1)N(C(=O)C(NC(=O)OC(C)(C)C)C(C)C)C1CC1. The minimum absolute atomic E-state index is 0.0472. The summed E-state index contributed by atoms with van der Waals surface area (Å²) in [6.07, 6.45) is 2.65. The van der Waals surface area contributed by atoms with E-state index in [0.717, 1.165) is 25.7 Å². The summed E-state index contributed by atoms with van der Waals surface area (Å²) in [5.74, 6) is -0.728. The average Bonchev–Trinajstić information content (AvgIpc) is 3.54. The lowest BCUT2D eigenvalue weighted by atomic mass is 9.98. The quantitative estimate of drug-likeness (QED) is 0.468. The second-order valence-electron chi connectivity index (χ2n) is 10.5. The fourth-order valence-corrected chi connectivity index (χ4v) is 3.90. The zero-order chi connectivity index (χ0) is 25.6. The maximum absolute atomic E-state index is 13.9. The molecule has 1 saturated carbocycles. The van der Waals surface area contributed by atoms with Crippen LogP contribution in [0.4, 0.5) is 4.79 Å². The summed E-state index contributed by atoms with van der Waals surface area (Å²) in [5, 5.41) is 15.5. The number of nitrogens with one attached hydrogen (secondary N) is 2. The lowest BCUT2D eigenvalue weighted by molar-refractivity contribution is -0.144. The van der Waals surface area contributed by atoms with Gasteiger partial charge in [0.1, 0.15) is 23.4 Å². The Morgan fingerprint density at radius 3 is 2.15 bits per heavy atom. The minimum atomic E-state index is -0.874. The average molecular weight is 476 g/mol. The Bertz CT molecular complexity index is 843. The fourth-order valence-electron chi connectivity index (χ4n) is 3.90. The van der Waals surface area contributed by atoms with Crippen molar-refractivity contribution in [2.45, 2.75) is 104 Å². The first-order chi connectivity index (χ1) is 15.8. The van der Waals surface area contributed by atoms with E-state index in [1.54, 1.807) is 37.8 Å². The van der Waals surface area contributed by atoms with Crippen molar-refractivity contribution >= 4 is 17.9 Å². The zero-order valence-electron chi connectivity index (χ0n) is 21.6. The van der Waals surface area contributed by atoms with Gasteiger partial charge in [-0.2, -0.15) is 0 Å². The summed E-state index contributed by atoms with van der Waals surface area (Å²) in [6.45, 7) is 13.0. The molecule has 3 unspecified atom stereocenters. The molecule has 1 aliphatic carbocycles. The van der Waals surface area contributed by atoms with E-state index in [0.29, 0.717) is 5.56 Å². The van der Waals surface area contributed by atoms with E-state index in [1.165, 1.54) is 12.1 Å². The highest BCUT2D eigenvalue weighted by atomic mass is 16.6. The molecule has 3 amide bonds. The normalized spacial score (nSPS) is 16.4. The summed E-state index contributed by atoms with van der Waals surface area (Å²) >= 11 is 0. The lowest BCUT2D eigenvalue weighted by Crippen LogP contribution is -2.56. The molecule has 1 fully saturated rings.